The summed E-state index contributed by atoms with van der Waals surface area (Å²) in [7, 11) is 3.25. The van der Waals surface area contributed by atoms with Gasteiger partial charge in [0.25, 0.3) is 0 Å². The quantitative estimate of drug-likeness (QED) is 0.844. The molecule has 0 aliphatic rings. The number of nitrogens with zero attached hydrogens (tertiary/aromatic N) is 1. The summed E-state index contributed by atoms with van der Waals surface area (Å²) in [5, 5.41) is 15.3. The van der Waals surface area contributed by atoms with Crippen molar-refractivity contribution in [1.29, 1.82) is 0 Å². The van der Waals surface area contributed by atoms with Gasteiger partial charge in [-0.15, -0.1) is 0 Å². The molecule has 2 N–H and O–H groups in total. The average molecular weight is 276 g/mol. The second kappa shape index (κ2) is 6.31. The highest BCUT2D eigenvalue weighted by Gasteiger charge is 2.12. The molecule has 106 valence electrons. The van der Waals surface area contributed by atoms with Crippen molar-refractivity contribution < 1.29 is 19.4 Å². The van der Waals surface area contributed by atoms with Gasteiger partial charge in [0.15, 0.2) is 0 Å². The van der Waals surface area contributed by atoms with Gasteiger partial charge in [0, 0.05) is 19.8 Å². The Morgan fingerprint density at radius 1 is 1.35 bits per heavy atom. The summed E-state index contributed by atoms with van der Waals surface area (Å²) in [6.07, 6.45) is -0.122. The zero-order valence-corrected chi connectivity index (χ0v) is 11.3. The van der Waals surface area contributed by atoms with Crippen molar-refractivity contribution in [2.45, 2.75) is 6.10 Å². The first-order valence-corrected chi connectivity index (χ1v) is 6.06. The molecule has 6 heteroatoms. The van der Waals surface area contributed by atoms with E-state index in [1.54, 1.807) is 14.2 Å². The van der Waals surface area contributed by atoms with Gasteiger partial charge in [-0.1, -0.05) is 24.3 Å². The largest absolute Gasteiger partial charge is 0.477 e. The number of nitrogens with one attached hydrogen (secondary N) is 1. The van der Waals surface area contributed by atoms with Crippen LogP contribution in [0.25, 0.3) is 11.3 Å². The van der Waals surface area contributed by atoms with Gasteiger partial charge in [0.05, 0.1) is 12.3 Å². The third-order valence-electron chi connectivity index (χ3n) is 2.99. The molecule has 0 aliphatic carbocycles. The van der Waals surface area contributed by atoms with Crippen LogP contribution in [-0.2, 0) is 9.47 Å². The maximum atomic E-state index is 10.8. The number of methoxy groups -OCH3 is 2. The lowest BCUT2D eigenvalue weighted by atomic mass is 10.1. The van der Waals surface area contributed by atoms with Gasteiger partial charge in [-0.05, 0) is 11.6 Å². The Labute approximate surface area is 116 Å². The number of rotatable bonds is 6. The van der Waals surface area contributed by atoms with Crippen molar-refractivity contribution in [1.82, 2.24) is 10.2 Å². The van der Waals surface area contributed by atoms with Crippen molar-refractivity contribution in [3.05, 3.63) is 41.6 Å². The first-order chi connectivity index (χ1) is 9.65. The van der Waals surface area contributed by atoms with Crippen LogP contribution in [0, 0.1) is 0 Å². The Morgan fingerprint density at radius 2 is 2.05 bits per heavy atom. The Hall–Kier alpha value is -2.18. The number of carboxylic acid groups (broad SMARTS) is 1. The van der Waals surface area contributed by atoms with Crippen LogP contribution in [0.4, 0.5) is 0 Å². The van der Waals surface area contributed by atoms with Crippen LogP contribution in [0.3, 0.4) is 0 Å². The molecule has 0 saturated heterocycles. The van der Waals surface area contributed by atoms with Gasteiger partial charge in [0.2, 0.25) is 0 Å². The van der Waals surface area contributed by atoms with Crippen LogP contribution < -0.4 is 0 Å². The Morgan fingerprint density at radius 3 is 2.55 bits per heavy atom. The van der Waals surface area contributed by atoms with Gasteiger partial charge in [0.1, 0.15) is 11.8 Å². The summed E-state index contributed by atoms with van der Waals surface area (Å²) in [5.41, 5.74) is 2.49. The summed E-state index contributed by atoms with van der Waals surface area (Å²) in [4.78, 5) is 10.8. The van der Waals surface area contributed by atoms with E-state index in [9.17, 15) is 4.79 Å². The van der Waals surface area contributed by atoms with Crippen LogP contribution in [0.1, 0.15) is 22.2 Å². The summed E-state index contributed by atoms with van der Waals surface area (Å²) < 4.78 is 10.4. The number of benzene rings is 1. The highest BCUT2D eigenvalue weighted by Crippen LogP contribution is 2.22. The topological polar surface area (TPSA) is 84.4 Å². The summed E-state index contributed by atoms with van der Waals surface area (Å²) in [6, 6.07) is 9.08. The zero-order valence-electron chi connectivity index (χ0n) is 11.3. The second-order valence-corrected chi connectivity index (χ2v) is 4.27. The van der Waals surface area contributed by atoms with Crippen molar-refractivity contribution >= 4 is 5.97 Å². The first-order valence-electron chi connectivity index (χ1n) is 6.06. The number of hydrogen-bond acceptors (Lipinski definition) is 4. The molecule has 0 aliphatic heterocycles. The fourth-order valence-corrected chi connectivity index (χ4v) is 1.90. The Bertz CT molecular complexity index is 577. The summed E-state index contributed by atoms with van der Waals surface area (Å²) >= 11 is 0. The van der Waals surface area contributed by atoms with E-state index in [2.05, 4.69) is 10.2 Å². The Balaban J connectivity index is 2.20. The highest BCUT2D eigenvalue weighted by molar-refractivity contribution is 5.86. The van der Waals surface area contributed by atoms with E-state index >= 15 is 0 Å². The molecule has 0 fully saturated rings. The smallest absolute Gasteiger partial charge is 0.353 e. The molecule has 0 radical (unpaired) electrons. The second-order valence-electron chi connectivity index (χ2n) is 4.27. The minimum Gasteiger partial charge on any atom is -0.477 e. The van der Waals surface area contributed by atoms with E-state index in [1.165, 1.54) is 6.07 Å². The van der Waals surface area contributed by atoms with E-state index in [0.717, 1.165) is 11.1 Å². The third-order valence-corrected chi connectivity index (χ3v) is 2.99. The third kappa shape index (κ3) is 3.04. The van der Waals surface area contributed by atoms with Gasteiger partial charge in [-0.3, -0.25) is 5.10 Å². The predicted molar refractivity (Wildman–Crippen MR) is 72.6 cm³/mol. The number of aromatic amines is 1. The van der Waals surface area contributed by atoms with Crippen LogP contribution in [0.5, 0.6) is 0 Å². The summed E-state index contributed by atoms with van der Waals surface area (Å²) in [5.74, 6) is -1.03. The Kier molecular flexibility index (Phi) is 4.49. The van der Waals surface area contributed by atoms with Crippen molar-refractivity contribution in [3.63, 3.8) is 0 Å². The highest BCUT2D eigenvalue weighted by atomic mass is 16.5. The number of carbonyl (C=O) groups is 1. The molecule has 20 heavy (non-hydrogen) atoms. The lowest BCUT2D eigenvalue weighted by Crippen LogP contribution is -2.08. The number of aromatic nitrogens is 2. The van der Waals surface area contributed by atoms with E-state index in [1.807, 2.05) is 24.3 Å². The molecule has 1 aromatic carbocycles. The van der Waals surface area contributed by atoms with Crippen molar-refractivity contribution in [2.24, 2.45) is 0 Å². The van der Waals surface area contributed by atoms with Gasteiger partial charge in [-0.25, -0.2) is 4.79 Å². The lowest BCUT2D eigenvalue weighted by molar-refractivity contribution is 0.0275. The molecule has 6 nitrogen and oxygen atoms in total. The van der Waals surface area contributed by atoms with Crippen LogP contribution in [0.2, 0.25) is 0 Å². The molecule has 1 aromatic heterocycles. The number of aromatic carboxylic acids is 1. The molecular weight excluding hydrogens is 260 g/mol. The first kappa shape index (κ1) is 14.2. The van der Waals surface area contributed by atoms with E-state index < -0.39 is 5.97 Å². The molecule has 1 heterocycles. The monoisotopic (exact) mass is 276 g/mol. The molecule has 0 bridgehead atoms. The zero-order chi connectivity index (χ0) is 14.5. The van der Waals surface area contributed by atoms with Crippen molar-refractivity contribution in [3.8, 4) is 11.3 Å². The fourth-order valence-electron chi connectivity index (χ4n) is 1.90. The fraction of sp³-hybridized carbons (Fsp3) is 0.286. The molecule has 0 saturated carbocycles. The SMILES string of the molecule is COCC(OC)c1ccc(-c2cc(C(=O)O)[nH]n2)cc1. The normalized spacial score (nSPS) is 12.3. The minimum absolute atomic E-state index is 0.0678. The summed E-state index contributed by atoms with van der Waals surface area (Å²) in [6.45, 7) is 0.474. The molecule has 1 unspecified atom stereocenters. The molecule has 2 rings (SSSR count). The molecular formula is C14H16N2O4. The van der Waals surface area contributed by atoms with Crippen LogP contribution in [0.15, 0.2) is 30.3 Å². The van der Waals surface area contributed by atoms with Crippen LogP contribution >= 0.6 is 0 Å². The van der Waals surface area contributed by atoms with E-state index in [-0.39, 0.29) is 11.8 Å². The number of H-pyrrole nitrogens is 1. The minimum atomic E-state index is -1.03. The lowest BCUT2D eigenvalue weighted by Gasteiger charge is -2.14. The molecule has 2 aromatic rings. The average Bonchev–Trinajstić information content (AvgIpc) is 2.95. The standard InChI is InChI=1S/C14H16N2O4/c1-19-8-13(20-2)10-5-3-9(4-6-10)11-7-12(14(17)18)16-15-11/h3-7,13H,8H2,1-2H3,(H,15,16)(H,17,18). The van der Waals surface area contributed by atoms with Crippen LogP contribution in [-0.4, -0.2) is 42.1 Å². The van der Waals surface area contributed by atoms with Crippen molar-refractivity contribution in [2.75, 3.05) is 20.8 Å². The van der Waals surface area contributed by atoms with Gasteiger partial charge < -0.3 is 14.6 Å². The molecule has 1 atom stereocenters. The van der Waals surface area contributed by atoms with E-state index in [0.29, 0.717) is 12.3 Å². The predicted octanol–water partition coefficient (Wildman–Crippen LogP) is 2.11. The maximum Gasteiger partial charge on any atom is 0.353 e. The molecule has 0 spiro atoms. The number of hydrogen-bond donors (Lipinski definition) is 2. The number of carboxylic acids is 1. The molecule has 0 amide bonds. The van der Waals surface area contributed by atoms with E-state index in [4.69, 9.17) is 14.6 Å². The number of ether oxygens (including phenoxy) is 2. The van der Waals surface area contributed by atoms with Gasteiger partial charge >= 0.3 is 5.97 Å². The van der Waals surface area contributed by atoms with Gasteiger partial charge in [-0.2, -0.15) is 5.10 Å². The maximum absolute atomic E-state index is 10.8.